The van der Waals surface area contributed by atoms with Gasteiger partial charge in [0.1, 0.15) is 0 Å². The van der Waals surface area contributed by atoms with Crippen LogP contribution in [0.5, 0.6) is 0 Å². The molecule has 2 aromatic rings. The molecule has 1 aliphatic rings. The predicted octanol–water partition coefficient (Wildman–Crippen LogP) is 1.68. The van der Waals surface area contributed by atoms with Gasteiger partial charge >= 0.3 is 156 Å². The van der Waals surface area contributed by atoms with Crippen LogP contribution < -0.4 is 15.1 Å². The van der Waals surface area contributed by atoms with Crippen molar-refractivity contribution in [3.8, 4) is 0 Å². The van der Waals surface area contributed by atoms with Gasteiger partial charge in [-0.15, -0.1) is 0 Å². The summed E-state index contributed by atoms with van der Waals surface area (Å²) in [7, 11) is 0. The van der Waals surface area contributed by atoms with Gasteiger partial charge in [0.15, 0.2) is 0 Å². The molecule has 136 valence electrons. The molecule has 3 rings (SSSR count). The van der Waals surface area contributed by atoms with Crippen LogP contribution in [0.1, 0.15) is 18.4 Å². The molecule has 1 atom stereocenters. The van der Waals surface area contributed by atoms with Crippen LogP contribution in [-0.4, -0.2) is 33.3 Å². The van der Waals surface area contributed by atoms with Crippen LogP contribution in [0.3, 0.4) is 0 Å². The zero-order valence-corrected chi connectivity index (χ0v) is 15.6. The molecule has 0 saturated carbocycles. The number of benzene rings is 2. The summed E-state index contributed by atoms with van der Waals surface area (Å²) in [5, 5.41) is 5.41. The van der Waals surface area contributed by atoms with Crippen molar-refractivity contribution in [3.63, 3.8) is 0 Å². The molecular formula is C19H18F2N2O2Se. The van der Waals surface area contributed by atoms with E-state index >= 15 is 0 Å². The summed E-state index contributed by atoms with van der Waals surface area (Å²) in [6.07, 6.45) is 1.13. The summed E-state index contributed by atoms with van der Waals surface area (Å²) < 4.78 is 26.9. The van der Waals surface area contributed by atoms with Crippen LogP contribution in [0.15, 0.2) is 48.5 Å². The predicted molar refractivity (Wildman–Crippen MR) is 95.0 cm³/mol. The number of amides is 2. The van der Waals surface area contributed by atoms with E-state index in [0.29, 0.717) is 19.4 Å². The molecule has 0 aliphatic carbocycles. The Labute approximate surface area is 156 Å². The zero-order valence-electron chi connectivity index (χ0n) is 13.9. The Balaban J connectivity index is 1.81. The molecule has 7 heteroatoms. The average Bonchev–Trinajstić information content (AvgIpc) is 2.65. The minimum atomic E-state index is -1.18. The molecule has 1 fully saturated rings. The number of nitrogens with one attached hydrogen (secondary N) is 2. The van der Waals surface area contributed by atoms with E-state index in [9.17, 15) is 18.4 Å². The van der Waals surface area contributed by atoms with Gasteiger partial charge in [-0.3, -0.25) is 0 Å². The van der Waals surface area contributed by atoms with Crippen molar-refractivity contribution in [1.82, 2.24) is 10.6 Å². The van der Waals surface area contributed by atoms with Crippen LogP contribution >= 0.6 is 0 Å². The van der Waals surface area contributed by atoms with Crippen LogP contribution in [0.2, 0.25) is 4.31 Å². The van der Waals surface area contributed by atoms with Crippen LogP contribution in [0.4, 0.5) is 8.78 Å². The van der Waals surface area contributed by atoms with E-state index in [0.717, 1.165) is 10.5 Å². The molecule has 1 aliphatic heterocycles. The Kier molecular flexibility index (Phi) is 5.69. The maximum atomic E-state index is 13.8. The molecule has 0 bridgehead atoms. The maximum absolute atomic E-state index is 13.8. The fourth-order valence-corrected chi connectivity index (χ4v) is 5.52. The van der Waals surface area contributed by atoms with Crippen LogP contribution in [-0.2, 0) is 16.1 Å². The molecule has 26 heavy (non-hydrogen) atoms. The van der Waals surface area contributed by atoms with Gasteiger partial charge in [-0.25, -0.2) is 0 Å². The molecular weight excluding hydrogens is 405 g/mol. The minimum absolute atomic E-state index is 0.0527. The monoisotopic (exact) mass is 424 g/mol. The van der Waals surface area contributed by atoms with Gasteiger partial charge in [0.05, 0.1) is 0 Å². The van der Waals surface area contributed by atoms with Gasteiger partial charge in [0.2, 0.25) is 0 Å². The third-order valence-electron chi connectivity index (χ3n) is 4.23. The number of hydrogen-bond acceptors (Lipinski definition) is 2. The van der Waals surface area contributed by atoms with E-state index in [-0.39, 0.29) is 18.0 Å². The van der Waals surface area contributed by atoms with Gasteiger partial charge in [0, 0.05) is 0 Å². The standard InChI is InChI=1S/C19H18F2N2O2Se/c20-15-9-4-6-13(16(15)21)12-23-18(25)19(10-5-11-22-17(19)24)26-14-7-2-1-3-8-14/h1-4,6-9H,5,10-12H2,(H,22,24)(H,23,25). The molecule has 1 heterocycles. The Morgan fingerprint density at radius 1 is 1.15 bits per heavy atom. The Bertz CT molecular complexity index is 816. The summed E-state index contributed by atoms with van der Waals surface area (Å²) in [5.74, 6) is -2.69. The van der Waals surface area contributed by atoms with Crippen molar-refractivity contribution in [2.24, 2.45) is 0 Å². The second-order valence-corrected chi connectivity index (χ2v) is 8.88. The summed E-state index contributed by atoms with van der Waals surface area (Å²) in [4.78, 5) is 25.5. The molecule has 0 spiro atoms. The molecule has 0 radical (unpaired) electrons. The Morgan fingerprint density at radius 3 is 2.65 bits per heavy atom. The Morgan fingerprint density at radius 2 is 1.92 bits per heavy atom. The fourth-order valence-electron chi connectivity index (χ4n) is 2.85. The number of halogens is 2. The summed E-state index contributed by atoms with van der Waals surface area (Å²) >= 11 is -0.427. The van der Waals surface area contributed by atoms with E-state index in [2.05, 4.69) is 10.6 Å². The van der Waals surface area contributed by atoms with E-state index < -0.39 is 36.8 Å². The average molecular weight is 423 g/mol. The van der Waals surface area contributed by atoms with Gasteiger partial charge in [-0.1, -0.05) is 0 Å². The van der Waals surface area contributed by atoms with Gasteiger partial charge in [-0.2, -0.15) is 0 Å². The molecule has 1 unspecified atom stereocenters. The van der Waals surface area contributed by atoms with Crippen molar-refractivity contribution in [2.75, 3.05) is 6.54 Å². The number of carbonyl (C=O) groups excluding carboxylic acids is 2. The zero-order chi connectivity index (χ0) is 18.6. The molecule has 2 aromatic carbocycles. The third kappa shape index (κ3) is 3.79. The number of rotatable bonds is 5. The normalized spacial score (nSPS) is 19.7. The fraction of sp³-hybridized carbons (Fsp3) is 0.263. The van der Waals surface area contributed by atoms with E-state index in [4.69, 9.17) is 0 Å². The number of carbonyl (C=O) groups is 2. The first-order valence-corrected chi connectivity index (χ1v) is 9.98. The first kappa shape index (κ1) is 18.5. The van der Waals surface area contributed by atoms with E-state index in [1.165, 1.54) is 12.1 Å². The second-order valence-electron chi connectivity index (χ2n) is 6.00. The topological polar surface area (TPSA) is 58.2 Å². The molecule has 2 amide bonds. The molecule has 0 aromatic heterocycles. The van der Waals surface area contributed by atoms with Gasteiger partial charge < -0.3 is 0 Å². The van der Waals surface area contributed by atoms with Crippen molar-refractivity contribution in [1.29, 1.82) is 0 Å². The first-order valence-electron chi connectivity index (χ1n) is 8.26. The SMILES string of the molecule is O=C1NCCCC1([Se]c1ccccc1)C(=O)NCc1cccc(F)c1F. The number of hydrogen-bond donors (Lipinski definition) is 2. The van der Waals surface area contributed by atoms with Crippen molar-refractivity contribution < 1.29 is 18.4 Å². The second kappa shape index (κ2) is 7.97. The van der Waals surface area contributed by atoms with E-state index in [1.54, 1.807) is 0 Å². The summed E-state index contributed by atoms with van der Waals surface area (Å²) in [6, 6.07) is 13.2. The molecule has 4 nitrogen and oxygen atoms in total. The van der Waals surface area contributed by atoms with Gasteiger partial charge in [-0.05, 0) is 0 Å². The van der Waals surface area contributed by atoms with Crippen molar-refractivity contribution in [3.05, 3.63) is 65.7 Å². The Hall–Kier alpha value is -2.24. The number of piperidine rings is 1. The van der Waals surface area contributed by atoms with Gasteiger partial charge in [0.25, 0.3) is 0 Å². The van der Waals surface area contributed by atoms with Crippen LogP contribution in [0, 0.1) is 11.6 Å². The van der Waals surface area contributed by atoms with E-state index in [1.807, 2.05) is 30.3 Å². The summed E-state index contributed by atoms with van der Waals surface area (Å²) in [6.45, 7) is 0.375. The third-order valence-corrected chi connectivity index (χ3v) is 7.23. The van der Waals surface area contributed by atoms with Crippen LogP contribution in [0.25, 0.3) is 0 Å². The quantitative estimate of drug-likeness (QED) is 0.568. The van der Waals surface area contributed by atoms with Crippen molar-refractivity contribution in [2.45, 2.75) is 23.7 Å². The molecule has 2 N–H and O–H groups in total. The first-order chi connectivity index (χ1) is 12.5. The summed E-state index contributed by atoms with van der Waals surface area (Å²) in [5.41, 5.74) is 0.0527. The molecule has 1 saturated heterocycles. The van der Waals surface area contributed by atoms with Crippen molar-refractivity contribution >= 4 is 31.2 Å².